The Balaban J connectivity index is 1.90. The fourth-order valence-corrected chi connectivity index (χ4v) is 5.14. The third kappa shape index (κ3) is 3.60. The number of nitrogens with zero attached hydrogens (tertiary/aromatic N) is 3. The first-order valence-corrected chi connectivity index (χ1v) is 11.4. The van der Waals surface area contributed by atoms with E-state index in [-0.39, 0.29) is 17.0 Å². The predicted molar refractivity (Wildman–Crippen MR) is 115 cm³/mol. The lowest BCUT2D eigenvalue weighted by Gasteiger charge is -2.17. The second-order valence-electron chi connectivity index (χ2n) is 7.90. The molecular weight excluding hydrogens is 400 g/mol. The number of nitrogens with one attached hydrogen (secondary N) is 1. The van der Waals surface area contributed by atoms with E-state index < -0.39 is 10.0 Å². The summed E-state index contributed by atoms with van der Waals surface area (Å²) in [6.07, 6.45) is 2.19. The quantitative estimate of drug-likeness (QED) is 0.676. The normalized spacial score (nSPS) is 17.0. The van der Waals surface area contributed by atoms with Crippen LogP contribution in [0.3, 0.4) is 0 Å². The third-order valence-corrected chi connectivity index (χ3v) is 6.87. The number of aryl methyl sites for hydroxylation is 1. The maximum absolute atomic E-state index is 12.4. The molecule has 1 unspecified atom stereocenters. The summed E-state index contributed by atoms with van der Waals surface area (Å²) in [7, 11) is -3.63. The smallest absolute Gasteiger partial charge is 0.242 e. The molecule has 0 spiro atoms. The summed E-state index contributed by atoms with van der Waals surface area (Å²) < 4.78 is 35.2. The largest absolute Gasteiger partial charge is 0.379 e. The summed E-state index contributed by atoms with van der Waals surface area (Å²) in [5.41, 5.74) is 3.88. The minimum atomic E-state index is -3.63. The lowest BCUT2D eigenvalue weighted by Crippen LogP contribution is -2.30. The summed E-state index contributed by atoms with van der Waals surface area (Å²) in [4.78, 5) is 4.55. The molecule has 156 valence electrons. The highest BCUT2D eigenvalue weighted by Gasteiger charge is 2.27. The topological polar surface area (TPSA) is 97.0 Å². The number of sulfonamides is 1. The van der Waals surface area contributed by atoms with Gasteiger partial charge in [0.25, 0.3) is 0 Å². The van der Waals surface area contributed by atoms with Crippen LogP contribution in [0.5, 0.6) is 0 Å². The molecular formula is C22H24N4O3S. The van der Waals surface area contributed by atoms with Gasteiger partial charge < -0.3 is 9.30 Å². The van der Waals surface area contributed by atoms with E-state index in [1.807, 2.05) is 19.1 Å². The Morgan fingerprint density at radius 3 is 2.70 bits per heavy atom. The first kappa shape index (κ1) is 20.5. The summed E-state index contributed by atoms with van der Waals surface area (Å²) in [5, 5.41) is 10.8. The SMILES string of the molecule is Cc1ccc2c(C#N)c(-c3ccc(S(=O)(=O)NC(C)C)cn3)n(C3CCOC3)c2c1. The van der Waals surface area contributed by atoms with Crippen LogP contribution in [-0.4, -0.2) is 37.2 Å². The number of hydrogen-bond donors (Lipinski definition) is 1. The van der Waals surface area contributed by atoms with E-state index in [9.17, 15) is 13.7 Å². The van der Waals surface area contributed by atoms with Crippen LogP contribution in [0.25, 0.3) is 22.3 Å². The third-order valence-electron chi connectivity index (χ3n) is 5.22. The van der Waals surface area contributed by atoms with E-state index in [2.05, 4.69) is 26.4 Å². The van der Waals surface area contributed by atoms with Crippen molar-refractivity contribution in [3.63, 3.8) is 0 Å². The van der Waals surface area contributed by atoms with Crippen LogP contribution in [0.1, 0.15) is 37.4 Å². The van der Waals surface area contributed by atoms with Gasteiger partial charge in [-0.05, 0) is 51.0 Å². The average Bonchev–Trinajstić information content (AvgIpc) is 3.32. The van der Waals surface area contributed by atoms with Crippen molar-refractivity contribution < 1.29 is 13.2 Å². The molecule has 3 aromatic rings. The Hall–Kier alpha value is -2.73. The Bertz CT molecular complexity index is 1230. The van der Waals surface area contributed by atoms with Crippen molar-refractivity contribution >= 4 is 20.9 Å². The van der Waals surface area contributed by atoms with Crippen molar-refractivity contribution in [3.05, 3.63) is 47.7 Å². The van der Waals surface area contributed by atoms with Gasteiger partial charge in [0.1, 0.15) is 11.0 Å². The van der Waals surface area contributed by atoms with Gasteiger partial charge in [0.2, 0.25) is 10.0 Å². The molecule has 7 nitrogen and oxygen atoms in total. The van der Waals surface area contributed by atoms with Gasteiger partial charge in [0.15, 0.2) is 0 Å². The molecule has 1 aliphatic rings. The molecule has 2 aromatic heterocycles. The zero-order valence-corrected chi connectivity index (χ0v) is 18.0. The van der Waals surface area contributed by atoms with E-state index >= 15 is 0 Å². The Labute approximate surface area is 176 Å². The molecule has 0 aliphatic carbocycles. The van der Waals surface area contributed by atoms with Gasteiger partial charge in [-0.2, -0.15) is 5.26 Å². The molecule has 30 heavy (non-hydrogen) atoms. The molecule has 0 radical (unpaired) electrons. The summed E-state index contributed by atoms with van der Waals surface area (Å²) in [6.45, 7) is 6.79. The van der Waals surface area contributed by atoms with Gasteiger partial charge in [0, 0.05) is 24.2 Å². The second-order valence-corrected chi connectivity index (χ2v) is 9.61. The number of fused-ring (bicyclic) bond motifs is 1. The first-order chi connectivity index (χ1) is 14.3. The molecule has 1 saturated heterocycles. The predicted octanol–water partition coefficient (Wildman–Crippen LogP) is 3.53. The lowest BCUT2D eigenvalue weighted by molar-refractivity contribution is 0.187. The van der Waals surface area contributed by atoms with Crippen molar-refractivity contribution in [3.8, 4) is 17.5 Å². The molecule has 1 aromatic carbocycles. The van der Waals surface area contributed by atoms with E-state index in [0.29, 0.717) is 30.2 Å². The number of rotatable bonds is 5. The van der Waals surface area contributed by atoms with Crippen LogP contribution < -0.4 is 4.72 Å². The highest BCUT2D eigenvalue weighted by atomic mass is 32.2. The minimum Gasteiger partial charge on any atom is -0.379 e. The fraction of sp³-hybridized carbons (Fsp3) is 0.364. The average molecular weight is 425 g/mol. The number of benzene rings is 1. The van der Waals surface area contributed by atoms with Crippen molar-refractivity contribution in [1.29, 1.82) is 5.26 Å². The number of pyridine rings is 1. The highest BCUT2D eigenvalue weighted by molar-refractivity contribution is 7.89. The first-order valence-electron chi connectivity index (χ1n) is 9.93. The Morgan fingerprint density at radius 1 is 1.30 bits per heavy atom. The van der Waals surface area contributed by atoms with Crippen LogP contribution >= 0.6 is 0 Å². The molecule has 0 bridgehead atoms. The fourth-order valence-electron chi connectivity index (χ4n) is 3.95. The van der Waals surface area contributed by atoms with Crippen LogP contribution in [-0.2, 0) is 14.8 Å². The molecule has 8 heteroatoms. The standard InChI is InChI=1S/C22H24N4O3S/c1-14(2)25-30(27,28)17-5-7-20(24-12-17)22-19(11-23)18-6-4-15(3)10-21(18)26(22)16-8-9-29-13-16/h4-7,10,12,14,16,25H,8-9,13H2,1-3H3. The highest BCUT2D eigenvalue weighted by Crippen LogP contribution is 2.38. The summed E-state index contributed by atoms with van der Waals surface area (Å²) in [6, 6.07) is 11.4. The van der Waals surface area contributed by atoms with Crippen molar-refractivity contribution in [2.45, 2.75) is 44.2 Å². The summed E-state index contributed by atoms with van der Waals surface area (Å²) in [5.74, 6) is 0. The maximum atomic E-state index is 12.4. The molecule has 1 atom stereocenters. The molecule has 1 N–H and O–H groups in total. The van der Waals surface area contributed by atoms with Crippen LogP contribution in [0.2, 0.25) is 0 Å². The minimum absolute atomic E-state index is 0.0965. The second kappa shape index (κ2) is 7.84. The van der Waals surface area contributed by atoms with E-state index in [1.165, 1.54) is 12.3 Å². The molecule has 4 rings (SSSR count). The molecule has 3 heterocycles. The summed E-state index contributed by atoms with van der Waals surface area (Å²) >= 11 is 0. The number of ether oxygens (including phenoxy) is 1. The maximum Gasteiger partial charge on any atom is 0.242 e. The lowest BCUT2D eigenvalue weighted by atomic mass is 10.1. The van der Waals surface area contributed by atoms with Gasteiger partial charge in [-0.1, -0.05) is 12.1 Å². The van der Waals surface area contributed by atoms with Crippen LogP contribution in [0.4, 0.5) is 0 Å². The number of nitriles is 1. The van der Waals surface area contributed by atoms with Crippen molar-refractivity contribution in [2.24, 2.45) is 0 Å². The number of aromatic nitrogens is 2. The van der Waals surface area contributed by atoms with Crippen LogP contribution in [0.15, 0.2) is 41.4 Å². The Kier molecular flexibility index (Phi) is 5.36. The molecule has 1 aliphatic heterocycles. The number of hydrogen-bond acceptors (Lipinski definition) is 5. The van der Waals surface area contributed by atoms with E-state index in [1.54, 1.807) is 19.9 Å². The molecule has 0 saturated carbocycles. The zero-order valence-electron chi connectivity index (χ0n) is 17.2. The van der Waals surface area contributed by atoms with Gasteiger partial charge in [0.05, 0.1) is 35.1 Å². The van der Waals surface area contributed by atoms with Gasteiger partial charge in [-0.3, -0.25) is 4.98 Å². The van der Waals surface area contributed by atoms with Gasteiger partial charge in [-0.25, -0.2) is 13.1 Å². The van der Waals surface area contributed by atoms with Gasteiger partial charge in [-0.15, -0.1) is 0 Å². The molecule has 0 amide bonds. The molecule has 1 fully saturated rings. The van der Waals surface area contributed by atoms with Crippen molar-refractivity contribution in [2.75, 3.05) is 13.2 Å². The Morgan fingerprint density at radius 2 is 2.10 bits per heavy atom. The van der Waals surface area contributed by atoms with E-state index in [0.717, 1.165) is 22.9 Å². The van der Waals surface area contributed by atoms with Crippen LogP contribution in [0, 0.1) is 18.3 Å². The van der Waals surface area contributed by atoms with Gasteiger partial charge >= 0.3 is 0 Å². The monoisotopic (exact) mass is 424 g/mol. The van der Waals surface area contributed by atoms with Crippen molar-refractivity contribution in [1.82, 2.24) is 14.3 Å². The van der Waals surface area contributed by atoms with E-state index in [4.69, 9.17) is 4.74 Å². The zero-order chi connectivity index (χ0) is 21.5.